The fourth-order valence-electron chi connectivity index (χ4n) is 0.888. The fourth-order valence-corrected chi connectivity index (χ4v) is 1.30. The van der Waals surface area contributed by atoms with E-state index in [1.54, 1.807) is 0 Å². The summed E-state index contributed by atoms with van der Waals surface area (Å²) in [6.45, 7) is 0. The summed E-state index contributed by atoms with van der Waals surface area (Å²) in [6.07, 6.45) is -1.01. The molecule has 0 saturated carbocycles. The highest BCUT2D eigenvalue weighted by Gasteiger charge is 2.39. The molecule has 0 bridgehead atoms. The van der Waals surface area contributed by atoms with Crippen molar-refractivity contribution >= 4 is 29.2 Å². The molecule has 0 aromatic carbocycles. The number of carbonyl (C=O) groups is 1. The molecule has 1 aromatic heterocycles. The van der Waals surface area contributed by atoms with E-state index >= 15 is 0 Å². The second kappa shape index (κ2) is 4.28. The summed E-state index contributed by atoms with van der Waals surface area (Å²) in [5, 5.41) is 8.05. The molecule has 0 spiro atoms. The predicted molar refractivity (Wildman–Crippen MR) is 50.5 cm³/mol. The van der Waals surface area contributed by atoms with Gasteiger partial charge in [0.15, 0.2) is 0 Å². The molecule has 15 heavy (non-hydrogen) atoms. The minimum atomic E-state index is -3.86. The lowest BCUT2D eigenvalue weighted by molar-refractivity contribution is -0.164. The van der Waals surface area contributed by atoms with Crippen molar-refractivity contribution in [3.8, 4) is 0 Å². The zero-order valence-electron chi connectivity index (χ0n) is 7.18. The zero-order valence-corrected chi connectivity index (χ0v) is 8.69. The Labute approximate surface area is 93.6 Å². The number of nitrogens with zero attached hydrogens (tertiary/aromatic N) is 1. The largest absolute Gasteiger partial charge is 0.477 e. The topological polar surface area (TPSA) is 50.2 Å². The smallest absolute Gasteiger partial charge is 0.374 e. The first-order valence-corrected chi connectivity index (χ1v) is 4.50. The Morgan fingerprint density at radius 3 is 2.53 bits per heavy atom. The molecular weight excluding hydrogens is 251 g/mol. The lowest BCUT2D eigenvalue weighted by Gasteiger charge is -2.11. The lowest BCUT2D eigenvalue weighted by Crippen LogP contribution is -2.30. The van der Waals surface area contributed by atoms with E-state index in [2.05, 4.69) is 4.98 Å². The van der Waals surface area contributed by atoms with E-state index in [1.165, 1.54) is 12.1 Å². The van der Waals surface area contributed by atoms with Crippen molar-refractivity contribution in [1.82, 2.24) is 4.98 Å². The molecule has 1 N–H and O–H groups in total. The van der Waals surface area contributed by atoms with Gasteiger partial charge >= 0.3 is 11.9 Å². The molecule has 0 unspecified atom stereocenters. The molecule has 0 aliphatic carbocycles. The number of aliphatic carboxylic acids is 1. The number of rotatable bonds is 3. The van der Waals surface area contributed by atoms with Gasteiger partial charge in [0, 0.05) is 0 Å². The molecule has 0 atom stereocenters. The van der Waals surface area contributed by atoms with Gasteiger partial charge in [-0.2, -0.15) is 8.78 Å². The molecule has 3 nitrogen and oxygen atoms in total. The standard InChI is InChI=1S/C8H5Cl2F2NO2/c9-5-2-1-4(6(10)13-5)3-8(11,12)7(14)15/h1-2H,3H2,(H,14,15). The second-order valence-corrected chi connectivity index (χ2v) is 3.52. The van der Waals surface area contributed by atoms with Gasteiger partial charge in [-0.25, -0.2) is 9.78 Å². The molecular formula is C8H5Cl2F2NO2. The van der Waals surface area contributed by atoms with E-state index < -0.39 is 18.3 Å². The van der Waals surface area contributed by atoms with Crippen molar-refractivity contribution in [2.45, 2.75) is 12.3 Å². The van der Waals surface area contributed by atoms with Crippen LogP contribution < -0.4 is 0 Å². The summed E-state index contributed by atoms with van der Waals surface area (Å²) in [4.78, 5) is 13.7. The van der Waals surface area contributed by atoms with Crippen LogP contribution in [0.2, 0.25) is 10.3 Å². The highest BCUT2D eigenvalue weighted by atomic mass is 35.5. The Hall–Kier alpha value is -0.940. The third-order valence-corrected chi connectivity index (χ3v) is 2.16. The highest BCUT2D eigenvalue weighted by Crippen LogP contribution is 2.25. The number of carboxylic acids is 1. The minimum absolute atomic E-state index is 0.0578. The average Bonchev–Trinajstić information content (AvgIpc) is 2.09. The molecule has 0 radical (unpaired) electrons. The highest BCUT2D eigenvalue weighted by molar-refractivity contribution is 6.32. The number of pyridine rings is 1. The maximum atomic E-state index is 12.8. The summed E-state index contributed by atoms with van der Waals surface area (Å²) in [5.74, 6) is -6.06. The van der Waals surface area contributed by atoms with Crippen molar-refractivity contribution in [3.63, 3.8) is 0 Å². The molecule has 0 aliphatic rings. The van der Waals surface area contributed by atoms with Gasteiger partial charge in [0.05, 0.1) is 6.42 Å². The summed E-state index contributed by atoms with van der Waals surface area (Å²) >= 11 is 11.0. The SMILES string of the molecule is O=C(O)C(F)(F)Cc1ccc(Cl)nc1Cl. The van der Waals surface area contributed by atoms with E-state index in [9.17, 15) is 13.6 Å². The molecule has 0 amide bonds. The number of halogens is 4. The van der Waals surface area contributed by atoms with Crippen LogP contribution >= 0.6 is 23.2 Å². The summed E-state index contributed by atoms with van der Waals surface area (Å²) in [6, 6.07) is 2.48. The van der Waals surface area contributed by atoms with E-state index in [1.807, 2.05) is 0 Å². The van der Waals surface area contributed by atoms with Crippen LogP contribution in [-0.4, -0.2) is 22.0 Å². The number of hydrogen-bond donors (Lipinski definition) is 1. The van der Waals surface area contributed by atoms with Crippen LogP contribution in [0.4, 0.5) is 8.78 Å². The van der Waals surface area contributed by atoms with E-state index in [-0.39, 0.29) is 15.9 Å². The Morgan fingerprint density at radius 1 is 1.47 bits per heavy atom. The van der Waals surface area contributed by atoms with E-state index in [0.29, 0.717) is 0 Å². The second-order valence-electron chi connectivity index (χ2n) is 2.77. The van der Waals surface area contributed by atoms with Crippen molar-refractivity contribution in [1.29, 1.82) is 0 Å². The van der Waals surface area contributed by atoms with Gasteiger partial charge in [0.2, 0.25) is 0 Å². The maximum Gasteiger partial charge on any atom is 0.374 e. The van der Waals surface area contributed by atoms with Crippen LogP contribution in [0.25, 0.3) is 0 Å². The van der Waals surface area contributed by atoms with Crippen molar-refractivity contribution in [3.05, 3.63) is 28.0 Å². The number of hydrogen-bond acceptors (Lipinski definition) is 2. The number of alkyl halides is 2. The van der Waals surface area contributed by atoms with Crippen LogP contribution in [-0.2, 0) is 11.2 Å². The first kappa shape index (κ1) is 12.1. The molecule has 0 saturated heterocycles. The van der Waals surface area contributed by atoms with Crippen molar-refractivity contribution < 1.29 is 18.7 Å². The molecule has 1 heterocycles. The Bertz CT molecular complexity index is 398. The van der Waals surface area contributed by atoms with Gasteiger partial charge in [-0.3, -0.25) is 0 Å². The Kier molecular flexibility index (Phi) is 3.46. The minimum Gasteiger partial charge on any atom is -0.477 e. The van der Waals surface area contributed by atoms with Crippen LogP contribution in [0.5, 0.6) is 0 Å². The Morgan fingerprint density at radius 2 is 2.07 bits per heavy atom. The zero-order chi connectivity index (χ0) is 11.6. The monoisotopic (exact) mass is 255 g/mol. The fraction of sp³-hybridized carbons (Fsp3) is 0.250. The van der Waals surface area contributed by atoms with Gasteiger partial charge in [0.25, 0.3) is 0 Å². The van der Waals surface area contributed by atoms with Crippen LogP contribution in [0, 0.1) is 0 Å². The molecule has 82 valence electrons. The van der Waals surface area contributed by atoms with Gasteiger partial charge in [-0.15, -0.1) is 0 Å². The number of carboxylic acid groups (broad SMARTS) is 1. The van der Waals surface area contributed by atoms with Crippen molar-refractivity contribution in [2.75, 3.05) is 0 Å². The first-order chi connectivity index (χ1) is 6.83. The summed E-state index contributed by atoms with van der Waals surface area (Å²) in [7, 11) is 0. The summed E-state index contributed by atoms with van der Waals surface area (Å²) in [5.41, 5.74) is -0.0616. The molecule has 0 aliphatic heterocycles. The van der Waals surface area contributed by atoms with Crippen LogP contribution in [0.1, 0.15) is 5.56 Å². The summed E-state index contributed by atoms with van der Waals surface area (Å²) < 4.78 is 25.6. The van der Waals surface area contributed by atoms with E-state index in [0.717, 1.165) is 0 Å². The molecule has 0 fully saturated rings. The number of aromatic nitrogens is 1. The first-order valence-electron chi connectivity index (χ1n) is 3.75. The van der Waals surface area contributed by atoms with Crippen LogP contribution in [0.15, 0.2) is 12.1 Å². The third-order valence-electron chi connectivity index (χ3n) is 1.62. The predicted octanol–water partition coefficient (Wildman–Crippen LogP) is 2.65. The van der Waals surface area contributed by atoms with E-state index in [4.69, 9.17) is 28.3 Å². The quantitative estimate of drug-likeness (QED) is 0.845. The van der Waals surface area contributed by atoms with Crippen molar-refractivity contribution in [2.24, 2.45) is 0 Å². The van der Waals surface area contributed by atoms with Gasteiger partial charge < -0.3 is 5.11 Å². The van der Waals surface area contributed by atoms with Gasteiger partial charge in [-0.1, -0.05) is 29.3 Å². The van der Waals surface area contributed by atoms with Gasteiger partial charge in [-0.05, 0) is 11.6 Å². The normalized spacial score (nSPS) is 11.5. The third kappa shape index (κ3) is 3.00. The molecule has 1 rings (SSSR count). The van der Waals surface area contributed by atoms with Gasteiger partial charge in [0.1, 0.15) is 10.3 Å². The Balaban J connectivity index is 2.95. The van der Waals surface area contributed by atoms with Crippen LogP contribution in [0.3, 0.4) is 0 Å². The average molecular weight is 256 g/mol. The molecule has 1 aromatic rings. The maximum absolute atomic E-state index is 12.8. The lowest BCUT2D eigenvalue weighted by atomic mass is 10.1. The molecule has 7 heteroatoms.